The molecule has 2 N–H and O–H groups in total. The summed E-state index contributed by atoms with van der Waals surface area (Å²) in [6, 6.07) is 2.00. The summed E-state index contributed by atoms with van der Waals surface area (Å²) in [4.78, 5) is 10.3. The van der Waals surface area contributed by atoms with E-state index in [1.54, 1.807) is 0 Å². The van der Waals surface area contributed by atoms with Crippen molar-refractivity contribution in [1.82, 2.24) is 15.1 Å². The lowest BCUT2D eigenvalue weighted by Crippen LogP contribution is -2.26. The Morgan fingerprint density at radius 3 is 3.00 bits per heavy atom. The van der Waals surface area contributed by atoms with Gasteiger partial charge in [-0.05, 0) is 34.8 Å². The number of hydrogen-bond acceptors (Lipinski definition) is 2. The lowest BCUT2D eigenvalue weighted by molar-refractivity contribution is 0.194. The monoisotopic (exact) mass is 303 g/mol. The molecule has 0 aliphatic heterocycles. The Labute approximate surface area is 109 Å². The van der Waals surface area contributed by atoms with Crippen molar-refractivity contribution in [1.29, 1.82) is 0 Å². The fourth-order valence-corrected chi connectivity index (χ4v) is 2.10. The molecule has 0 fully saturated rings. The molecule has 1 rings (SSSR count). The van der Waals surface area contributed by atoms with Crippen LogP contribution in [0.2, 0.25) is 0 Å². The number of nitrogens with one attached hydrogen (secondary N) is 1. The first-order valence-corrected chi connectivity index (χ1v) is 6.61. The predicted octanol–water partition coefficient (Wildman–Crippen LogP) is 2.65. The van der Waals surface area contributed by atoms with Gasteiger partial charge in [0, 0.05) is 12.2 Å². The highest BCUT2D eigenvalue weighted by Gasteiger charge is 2.06. The van der Waals surface area contributed by atoms with Gasteiger partial charge < -0.3 is 10.4 Å². The van der Waals surface area contributed by atoms with Gasteiger partial charge in [-0.2, -0.15) is 5.10 Å². The molecule has 6 heteroatoms. The van der Waals surface area contributed by atoms with Crippen LogP contribution in [0.1, 0.15) is 31.9 Å². The number of aryl methyl sites for hydroxylation is 1. The van der Waals surface area contributed by atoms with E-state index in [1.165, 1.54) is 12.8 Å². The van der Waals surface area contributed by atoms with Gasteiger partial charge in [-0.3, -0.25) is 4.68 Å². The molecule has 0 saturated heterocycles. The third-order valence-electron chi connectivity index (χ3n) is 2.47. The van der Waals surface area contributed by atoms with E-state index in [0.29, 0.717) is 13.1 Å². The van der Waals surface area contributed by atoms with Crippen molar-refractivity contribution >= 4 is 22.0 Å². The molecule has 0 spiro atoms. The molecule has 1 heterocycles. The van der Waals surface area contributed by atoms with E-state index < -0.39 is 6.09 Å². The van der Waals surface area contributed by atoms with E-state index in [4.69, 9.17) is 5.11 Å². The Morgan fingerprint density at radius 2 is 2.35 bits per heavy atom. The summed E-state index contributed by atoms with van der Waals surface area (Å²) < 4.78 is 2.66. The van der Waals surface area contributed by atoms with Crippen LogP contribution in [0.15, 0.2) is 10.7 Å². The third kappa shape index (κ3) is 5.21. The maximum absolute atomic E-state index is 10.3. The molecule has 1 aromatic heterocycles. The zero-order valence-electron chi connectivity index (χ0n) is 9.95. The zero-order chi connectivity index (χ0) is 12.7. The summed E-state index contributed by atoms with van der Waals surface area (Å²) in [6.07, 6.45) is 3.52. The average molecular weight is 304 g/mol. The van der Waals surface area contributed by atoms with Crippen molar-refractivity contribution < 1.29 is 9.90 Å². The summed E-state index contributed by atoms with van der Waals surface area (Å²) in [7, 11) is 0. The molecule has 0 saturated carbocycles. The summed E-state index contributed by atoms with van der Waals surface area (Å²) in [6.45, 7) is 3.12. The first kappa shape index (κ1) is 14.0. The van der Waals surface area contributed by atoms with Crippen LogP contribution in [0.3, 0.4) is 0 Å². The Morgan fingerprint density at radius 1 is 1.59 bits per heavy atom. The third-order valence-corrected chi connectivity index (χ3v) is 2.86. The van der Waals surface area contributed by atoms with Crippen LogP contribution in [-0.2, 0) is 13.0 Å². The quantitative estimate of drug-likeness (QED) is 0.761. The van der Waals surface area contributed by atoms with E-state index >= 15 is 0 Å². The van der Waals surface area contributed by atoms with Crippen molar-refractivity contribution in [2.24, 2.45) is 0 Å². The van der Waals surface area contributed by atoms with Crippen molar-refractivity contribution in [3.05, 3.63) is 16.4 Å². The highest BCUT2D eigenvalue weighted by molar-refractivity contribution is 9.10. The van der Waals surface area contributed by atoms with Gasteiger partial charge in [0.15, 0.2) is 0 Å². The molecule has 0 bridgehead atoms. The van der Waals surface area contributed by atoms with Crippen molar-refractivity contribution in [2.45, 2.75) is 39.2 Å². The minimum Gasteiger partial charge on any atom is -0.465 e. The number of unbranched alkanes of at least 4 members (excludes halogenated alkanes) is 2. The second-order valence-electron chi connectivity index (χ2n) is 3.87. The molecule has 17 heavy (non-hydrogen) atoms. The lowest BCUT2D eigenvalue weighted by atomic mass is 10.1. The Bertz CT molecular complexity index is 366. The van der Waals surface area contributed by atoms with Crippen LogP contribution >= 0.6 is 15.9 Å². The van der Waals surface area contributed by atoms with Gasteiger partial charge in [0.2, 0.25) is 0 Å². The predicted molar refractivity (Wildman–Crippen MR) is 69.2 cm³/mol. The van der Waals surface area contributed by atoms with Gasteiger partial charge in [-0.15, -0.1) is 0 Å². The van der Waals surface area contributed by atoms with Crippen LogP contribution in [-0.4, -0.2) is 27.5 Å². The smallest absolute Gasteiger partial charge is 0.404 e. The largest absolute Gasteiger partial charge is 0.465 e. The number of nitrogens with zero attached hydrogens (tertiary/aromatic N) is 2. The Hall–Kier alpha value is -1.04. The lowest BCUT2D eigenvalue weighted by Gasteiger charge is -2.06. The second-order valence-corrected chi connectivity index (χ2v) is 4.68. The van der Waals surface area contributed by atoms with Gasteiger partial charge in [0.1, 0.15) is 4.60 Å². The average Bonchev–Trinajstić information content (AvgIpc) is 2.59. The molecule has 0 atom stereocenters. The first-order valence-electron chi connectivity index (χ1n) is 5.82. The molecular weight excluding hydrogens is 286 g/mol. The maximum Gasteiger partial charge on any atom is 0.404 e. The second kappa shape index (κ2) is 7.32. The minimum atomic E-state index is -0.997. The van der Waals surface area contributed by atoms with Gasteiger partial charge in [0.25, 0.3) is 0 Å². The SMILES string of the molecule is CCCCCc1cc(Br)nn1CCNC(=O)O. The number of carbonyl (C=O) groups is 1. The van der Waals surface area contributed by atoms with Gasteiger partial charge >= 0.3 is 6.09 Å². The number of halogens is 1. The van der Waals surface area contributed by atoms with Gasteiger partial charge in [-0.25, -0.2) is 4.79 Å². The van der Waals surface area contributed by atoms with E-state index in [-0.39, 0.29) is 0 Å². The minimum absolute atomic E-state index is 0.379. The van der Waals surface area contributed by atoms with E-state index in [9.17, 15) is 4.79 Å². The molecule has 96 valence electrons. The Kier molecular flexibility index (Phi) is 6.04. The molecule has 0 aliphatic carbocycles. The molecule has 0 aliphatic rings. The van der Waals surface area contributed by atoms with E-state index in [2.05, 4.69) is 33.3 Å². The molecule has 0 unspecified atom stereocenters. The van der Waals surface area contributed by atoms with Crippen LogP contribution in [0, 0.1) is 0 Å². The Balaban J connectivity index is 2.48. The number of carboxylic acid groups (broad SMARTS) is 1. The molecule has 1 aromatic rings. The van der Waals surface area contributed by atoms with Crippen molar-refractivity contribution in [3.8, 4) is 0 Å². The fourth-order valence-electron chi connectivity index (χ4n) is 1.64. The molecule has 0 aromatic carbocycles. The normalized spacial score (nSPS) is 10.5. The van der Waals surface area contributed by atoms with Gasteiger partial charge in [0.05, 0.1) is 6.54 Å². The summed E-state index contributed by atoms with van der Waals surface area (Å²) in [5.74, 6) is 0. The number of hydrogen-bond donors (Lipinski definition) is 2. The van der Waals surface area contributed by atoms with Crippen molar-refractivity contribution in [3.63, 3.8) is 0 Å². The number of amides is 1. The number of aromatic nitrogens is 2. The van der Waals surface area contributed by atoms with Crippen molar-refractivity contribution in [2.75, 3.05) is 6.54 Å². The van der Waals surface area contributed by atoms with Crippen LogP contribution < -0.4 is 5.32 Å². The van der Waals surface area contributed by atoms with E-state index in [1.807, 2.05) is 10.7 Å². The maximum atomic E-state index is 10.3. The molecular formula is C11H18BrN3O2. The summed E-state index contributed by atoms with van der Waals surface area (Å²) in [5.41, 5.74) is 1.15. The van der Waals surface area contributed by atoms with Crippen LogP contribution in [0.5, 0.6) is 0 Å². The summed E-state index contributed by atoms with van der Waals surface area (Å²) >= 11 is 3.34. The van der Waals surface area contributed by atoms with Crippen LogP contribution in [0.25, 0.3) is 0 Å². The molecule has 1 amide bonds. The standard InChI is InChI=1S/C11H18BrN3O2/c1-2-3-4-5-9-8-10(12)14-15(9)7-6-13-11(16)17/h8,13H,2-7H2,1H3,(H,16,17). The highest BCUT2D eigenvalue weighted by atomic mass is 79.9. The first-order chi connectivity index (χ1) is 8.13. The topological polar surface area (TPSA) is 67.2 Å². The fraction of sp³-hybridized carbons (Fsp3) is 0.636. The van der Waals surface area contributed by atoms with Crippen LogP contribution in [0.4, 0.5) is 4.79 Å². The zero-order valence-corrected chi connectivity index (χ0v) is 11.5. The molecule has 5 nitrogen and oxygen atoms in total. The van der Waals surface area contributed by atoms with Gasteiger partial charge in [-0.1, -0.05) is 19.8 Å². The highest BCUT2D eigenvalue weighted by Crippen LogP contribution is 2.13. The molecule has 0 radical (unpaired) electrons. The number of rotatable bonds is 7. The summed E-state index contributed by atoms with van der Waals surface area (Å²) in [5, 5.41) is 15.1. The van der Waals surface area contributed by atoms with E-state index in [0.717, 1.165) is 23.1 Å².